The lowest BCUT2D eigenvalue weighted by molar-refractivity contribution is -0.138. The van der Waals surface area contributed by atoms with Gasteiger partial charge in [0.2, 0.25) is 5.88 Å². The highest BCUT2D eigenvalue weighted by Crippen LogP contribution is 2.40. The van der Waals surface area contributed by atoms with E-state index in [2.05, 4.69) is 20.4 Å². The Hall–Kier alpha value is -3.18. The Labute approximate surface area is 155 Å². The zero-order valence-electron chi connectivity index (χ0n) is 14.8. The first kappa shape index (κ1) is 19.6. The number of aromatic nitrogens is 4. The highest BCUT2D eigenvalue weighted by Gasteiger charge is 2.37. The summed E-state index contributed by atoms with van der Waals surface area (Å²) in [6, 6.07) is -0.496. The summed E-state index contributed by atoms with van der Waals surface area (Å²) in [7, 11) is 2.34. The van der Waals surface area contributed by atoms with Gasteiger partial charge in [-0.05, 0) is 13.0 Å². The molecular weight excluding hydrogens is 389 g/mol. The van der Waals surface area contributed by atoms with E-state index in [0.29, 0.717) is 0 Å². The summed E-state index contributed by atoms with van der Waals surface area (Å²) < 4.78 is 79.0. The SMILES string of the molecule is COc1cc(F)c(-c2c(OC)nc3ncnn3c2NC(C)C(F)(F)F)cc1F. The lowest BCUT2D eigenvalue weighted by Crippen LogP contribution is -2.34. The molecule has 3 rings (SSSR count). The van der Waals surface area contributed by atoms with Crippen LogP contribution in [0.25, 0.3) is 16.9 Å². The van der Waals surface area contributed by atoms with Gasteiger partial charge in [0.1, 0.15) is 24.0 Å². The molecule has 0 saturated carbocycles. The van der Waals surface area contributed by atoms with Crippen LogP contribution in [-0.4, -0.2) is 46.0 Å². The predicted octanol–water partition coefficient (Wildman–Crippen LogP) is 3.45. The Bertz CT molecular complexity index is 1020. The molecule has 0 fully saturated rings. The number of methoxy groups -OCH3 is 2. The van der Waals surface area contributed by atoms with E-state index in [4.69, 9.17) is 9.47 Å². The first-order valence-electron chi connectivity index (χ1n) is 7.81. The summed E-state index contributed by atoms with van der Waals surface area (Å²) in [6.45, 7) is 0.865. The van der Waals surface area contributed by atoms with Crippen molar-refractivity contribution in [3.05, 3.63) is 30.1 Å². The average molecular weight is 403 g/mol. The van der Waals surface area contributed by atoms with Gasteiger partial charge < -0.3 is 14.8 Å². The monoisotopic (exact) mass is 403 g/mol. The number of nitrogens with zero attached hydrogens (tertiary/aromatic N) is 4. The summed E-state index contributed by atoms with van der Waals surface area (Å²) in [5.41, 5.74) is -0.646. The molecule has 0 bridgehead atoms. The average Bonchev–Trinajstić information content (AvgIpc) is 3.10. The van der Waals surface area contributed by atoms with Gasteiger partial charge in [0.05, 0.1) is 19.8 Å². The second-order valence-electron chi connectivity index (χ2n) is 5.69. The van der Waals surface area contributed by atoms with Crippen LogP contribution in [0.4, 0.5) is 27.8 Å². The van der Waals surface area contributed by atoms with Crippen LogP contribution in [0.3, 0.4) is 0 Å². The normalized spacial score (nSPS) is 12.9. The van der Waals surface area contributed by atoms with Gasteiger partial charge in [-0.1, -0.05) is 0 Å². The van der Waals surface area contributed by atoms with E-state index in [0.717, 1.165) is 37.0 Å². The molecule has 12 heteroatoms. The van der Waals surface area contributed by atoms with Gasteiger partial charge in [0, 0.05) is 11.6 Å². The molecule has 2 heterocycles. The van der Waals surface area contributed by atoms with Crippen LogP contribution in [0.5, 0.6) is 11.6 Å². The Morgan fingerprint density at radius 1 is 1.11 bits per heavy atom. The van der Waals surface area contributed by atoms with Crippen molar-refractivity contribution in [2.24, 2.45) is 0 Å². The zero-order valence-corrected chi connectivity index (χ0v) is 14.8. The molecular formula is C16H14F5N5O2. The number of fused-ring (bicyclic) bond motifs is 1. The minimum absolute atomic E-state index is 0.0909. The van der Waals surface area contributed by atoms with Crippen LogP contribution >= 0.6 is 0 Å². The molecule has 0 saturated heterocycles. The summed E-state index contributed by atoms with van der Waals surface area (Å²) in [5, 5.41) is 6.04. The summed E-state index contributed by atoms with van der Waals surface area (Å²) in [6.07, 6.45) is -3.57. The minimum Gasteiger partial charge on any atom is -0.494 e. The van der Waals surface area contributed by atoms with Crippen molar-refractivity contribution in [2.45, 2.75) is 19.1 Å². The fourth-order valence-corrected chi connectivity index (χ4v) is 2.51. The maximum Gasteiger partial charge on any atom is 0.408 e. The lowest BCUT2D eigenvalue weighted by Gasteiger charge is -2.22. The standard InChI is InChI=1S/C16H14F5N5O2/c1-7(16(19,20)21)24-13-12(8-4-10(18)11(27-2)5-9(8)17)14(28-3)25-15-22-6-23-26(13)15/h4-7,24H,1-3H3. The molecule has 1 N–H and O–H groups in total. The number of anilines is 1. The Kier molecular flexibility index (Phi) is 4.96. The number of hydrogen-bond acceptors (Lipinski definition) is 6. The third-order valence-electron chi connectivity index (χ3n) is 3.94. The van der Waals surface area contributed by atoms with Crippen molar-refractivity contribution in [1.29, 1.82) is 0 Å². The molecule has 0 radical (unpaired) electrons. The van der Waals surface area contributed by atoms with Crippen molar-refractivity contribution >= 4 is 11.6 Å². The fourth-order valence-electron chi connectivity index (χ4n) is 2.51. The molecule has 0 spiro atoms. The number of alkyl halides is 3. The van der Waals surface area contributed by atoms with Crippen LogP contribution in [0.1, 0.15) is 6.92 Å². The van der Waals surface area contributed by atoms with E-state index in [1.165, 1.54) is 7.11 Å². The summed E-state index contributed by atoms with van der Waals surface area (Å²) >= 11 is 0. The molecule has 150 valence electrons. The predicted molar refractivity (Wildman–Crippen MR) is 88.4 cm³/mol. The first-order chi connectivity index (χ1) is 13.2. The van der Waals surface area contributed by atoms with Crippen LogP contribution in [-0.2, 0) is 0 Å². The summed E-state index contributed by atoms with van der Waals surface area (Å²) in [4.78, 5) is 7.81. The summed E-state index contributed by atoms with van der Waals surface area (Å²) in [5.74, 6) is -2.91. The molecule has 7 nitrogen and oxygen atoms in total. The molecule has 1 aromatic carbocycles. The zero-order chi connectivity index (χ0) is 20.6. The largest absolute Gasteiger partial charge is 0.494 e. The van der Waals surface area contributed by atoms with Crippen LogP contribution in [0.2, 0.25) is 0 Å². The van der Waals surface area contributed by atoms with E-state index in [1.54, 1.807) is 0 Å². The maximum atomic E-state index is 14.7. The molecule has 1 unspecified atom stereocenters. The topological polar surface area (TPSA) is 73.6 Å². The third-order valence-corrected chi connectivity index (χ3v) is 3.94. The highest BCUT2D eigenvalue weighted by atomic mass is 19.4. The van der Waals surface area contributed by atoms with E-state index in [-0.39, 0.29) is 28.8 Å². The Morgan fingerprint density at radius 3 is 2.43 bits per heavy atom. The number of hydrogen-bond donors (Lipinski definition) is 1. The van der Waals surface area contributed by atoms with Crippen LogP contribution in [0.15, 0.2) is 18.5 Å². The number of ether oxygens (including phenoxy) is 2. The molecule has 0 aliphatic rings. The van der Waals surface area contributed by atoms with Gasteiger partial charge in [-0.15, -0.1) is 0 Å². The number of benzene rings is 1. The third kappa shape index (κ3) is 3.37. The molecule has 2 aromatic heterocycles. The van der Waals surface area contributed by atoms with Crippen molar-refractivity contribution in [3.63, 3.8) is 0 Å². The Balaban J connectivity index is 2.32. The molecule has 3 aromatic rings. The van der Waals surface area contributed by atoms with Gasteiger partial charge in [0.25, 0.3) is 5.78 Å². The fraction of sp³-hybridized carbons (Fsp3) is 0.312. The van der Waals surface area contributed by atoms with Crippen molar-refractivity contribution in [2.75, 3.05) is 19.5 Å². The molecule has 0 aliphatic heterocycles. The molecule has 28 heavy (non-hydrogen) atoms. The van der Waals surface area contributed by atoms with Crippen molar-refractivity contribution in [1.82, 2.24) is 19.6 Å². The second kappa shape index (κ2) is 7.09. The highest BCUT2D eigenvalue weighted by molar-refractivity contribution is 5.82. The smallest absolute Gasteiger partial charge is 0.408 e. The van der Waals surface area contributed by atoms with Gasteiger partial charge in [0.15, 0.2) is 11.6 Å². The van der Waals surface area contributed by atoms with Crippen LogP contribution in [0, 0.1) is 11.6 Å². The van der Waals surface area contributed by atoms with Gasteiger partial charge >= 0.3 is 6.18 Å². The van der Waals surface area contributed by atoms with E-state index in [1.807, 2.05) is 0 Å². The Morgan fingerprint density at radius 2 is 1.82 bits per heavy atom. The first-order valence-corrected chi connectivity index (χ1v) is 7.81. The van der Waals surface area contributed by atoms with Crippen LogP contribution < -0.4 is 14.8 Å². The number of rotatable bonds is 5. The number of halogens is 5. The lowest BCUT2D eigenvalue weighted by atomic mass is 10.1. The van der Waals surface area contributed by atoms with E-state index >= 15 is 0 Å². The van der Waals surface area contributed by atoms with Crippen molar-refractivity contribution in [3.8, 4) is 22.8 Å². The maximum absolute atomic E-state index is 14.7. The second-order valence-corrected chi connectivity index (χ2v) is 5.69. The molecule has 0 aliphatic carbocycles. The molecule has 1 atom stereocenters. The van der Waals surface area contributed by atoms with Gasteiger partial charge in [-0.25, -0.2) is 8.78 Å². The van der Waals surface area contributed by atoms with Gasteiger partial charge in [-0.2, -0.15) is 32.8 Å². The molecule has 0 amide bonds. The van der Waals surface area contributed by atoms with Crippen molar-refractivity contribution < 1.29 is 31.4 Å². The van der Waals surface area contributed by atoms with E-state index < -0.39 is 29.4 Å². The minimum atomic E-state index is -4.62. The van der Waals surface area contributed by atoms with Gasteiger partial charge in [-0.3, -0.25) is 0 Å². The number of nitrogens with one attached hydrogen (secondary N) is 1. The quantitative estimate of drug-likeness (QED) is 0.658. The van der Waals surface area contributed by atoms with E-state index in [9.17, 15) is 22.0 Å².